The highest BCUT2D eigenvalue weighted by molar-refractivity contribution is 7.88. The smallest absolute Gasteiger partial charge is 0.376 e. The van der Waals surface area contributed by atoms with Crippen molar-refractivity contribution in [2.75, 3.05) is 5.32 Å². The summed E-state index contributed by atoms with van der Waals surface area (Å²) >= 11 is 0. The molecule has 1 aliphatic rings. The van der Waals surface area contributed by atoms with Gasteiger partial charge in [0.1, 0.15) is 11.9 Å². The number of nitrogens with one attached hydrogen (secondary N) is 1. The molecule has 1 unspecified atom stereocenters. The van der Waals surface area contributed by atoms with Crippen molar-refractivity contribution in [3.63, 3.8) is 0 Å². The van der Waals surface area contributed by atoms with Gasteiger partial charge in [0, 0.05) is 17.7 Å². The van der Waals surface area contributed by atoms with Gasteiger partial charge in [0.05, 0.1) is 17.6 Å². The molecule has 0 aromatic carbocycles. The number of aliphatic hydroxyl groups excluding tert-OH is 1. The van der Waals surface area contributed by atoms with Gasteiger partial charge in [-0.05, 0) is 31.1 Å². The number of allylic oxidation sites excluding steroid dienone is 1. The first kappa shape index (κ1) is 31.4. The zero-order valence-corrected chi connectivity index (χ0v) is 20.4. The molecule has 224 valence electrons. The van der Waals surface area contributed by atoms with Gasteiger partial charge in [0.25, 0.3) is 0 Å². The van der Waals surface area contributed by atoms with E-state index in [-0.39, 0.29) is 28.8 Å². The molecule has 40 heavy (non-hydrogen) atoms. The van der Waals surface area contributed by atoms with E-state index >= 15 is 0 Å². The summed E-state index contributed by atoms with van der Waals surface area (Å²) in [5.74, 6) is -17.2. The first-order valence-corrected chi connectivity index (χ1v) is 12.2. The van der Waals surface area contributed by atoms with Crippen molar-refractivity contribution in [1.29, 1.82) is 0 Å². The molecule has 8 nitrogen and oxygen atoms in total. The fourth-order valence-corrected chi connectivity index (χ4v) is 4.36. The van der Waals surface area contributed by atoms with Crippen molar-refractivity contribution in [2.45, 2.75) is 55.8 Å². The van der Waals surface area contributed by atoms with E-state index in [1.807, 2.05) is 0 Å². The maximum atomic E-state index is 14.3. The van der Waals surface area contributed by atoms with Crippen LogP contribution in [0.5, 0.6) is 0 Å². The van der Waals surface area contributed by atoms with Crippen LogP contribution in [-0.2, 0) is 14.3 Å². The zero-order chi connectivity index (χ0) is 30.5. The lowest BCUT2D eigenvalue weighted by molar-refractivity contribution is -0.382. The van der Waals surface area contributed by atoms with Crippen LogP contribution in [0.3, 0.4) is 0 Å². The number of rotatable bonds is 6. The maximum absolute atomic E-state index is 14.3. The van der Waals surface area contributed by atoms with Crippen LogP contribution in [0.15, 0.2) is 30.6 Å². The summed E-state index contributed by atoms with van der Waals surface area (Å²) in [6.45, 7) is -1.88. The number of hydrogen-bond donors (Lipinski definition) is 2. The Bertz CT molecular complexity index is 1380. The van der Waals surface area contributed by atoms with Gasteiger partial charge in [-0.25, -0.2) is 4.68 Å². The topological polar surface area (TPSA) is 106 Å². The first-order chi connectivity index (χ1) is 18.2. The van der Waals surface area contributed by atoms with Gasteiger partial charge in [-0.3, -0.25) is 4.98 Å². The highest BCUT2D eigenvalue weighted by atomic mass is 32.2. The fraction of sp³-hybridized carbons (Fsp3) is 0.500. The summed E-state index contributed by atoms with van der Waals surface area (Å²) in [5, 5.41) is 9.26. The van der Waals surface area contributed by atoms with E-state index < -0.39 is 69.2 Å². The quantitative estimate of drug-likeness (QED) is 0.320. The van der Waals surface area contributed by atoms with E-state index in [1.54, 1.807) is 0 Å². The number of anilines is 1. The van der Waals surface area contributed by atoms with Crippen LogP contribution in [0.25, 0.3) is 17.0 Å². The van der Waals surface area contributed by atoms with Gasteiger partial charge in [-0.15, -0.1) is 0 Å². The second kappa shape index (κ2) is 10.3. The molecule has 0 fully saturated rings. The van der Waals surface area contributed by atoms with Crippen molar-refractivity contribution >= 4 is 21.6 Å². The largest absolute Gasteiger partial charge is 0.460 e. The Balaban J connectivity index is 2.16. The minimum atomic E-state index is -7.54. The van der Waals surface area contributed by atoms with E-state index in [0.29, 0.717) is 6.08 Å². The third-order valence-electron chi connectivity index (χ3n) is 5.69. The Hall–Kier alpha value is -3.16. The van der Waals surface area contributed by atoms with Crippen molar-refractivity contribution in [2.24, 2.45) is 5.92 Å². The SMILES string of the molecule is C[C@@H]1CC/C=C(/OS(=O)(=O)C(F)(F)C(F)(F)C(F)(F)C(F)(F)F)c2cc(ccn2)-c2c(cnn2C(F)F)NC1O. The molecule has 0 saturated heterocycles. The van der Waals surface area contributed by atoms with Crippen molar-refractivity contribution in [3.05, 3.63) is 36.3 Å². The average molecular weight is 618 g/mol. The van der Waals surface area contributed by atoms with Gasteiger partial charge < -0.3 is 14.6 Å². The maximum Gasteiger partial charge on any atom is 0.460 e. The zero-order valence-electron chi connectivity index (χ0n) is 19.6. The van der Waals surface area contributed by atoms with Gasteiger partial charge in [-0.1, -0.05) is 6.92 Å². The third-order valence-corrected chi connectivity index (χ3v) is 6.97. The molecule has 2 atom stereocenters. The van der Waals surface area contributed by atoms with Crippen molar-refractivity contribution < 1.29 is 66.0 Å². The van der Waals surface area contributed by atoms with Gasteiger partial charge in [0.2, 0.25) is 0 Å². The molecule has 2 N–H and O–H groups in total. The number of pyridine rings is 1. The summed E-state index contributed by atoms with van der Waals surface area (Å²) in [6, 6.07) is 1.77. The number of aromatic nitrogens is 3. The third kappa shape index (κ3) is 5.29. The highest BCUT2D eigenvalue weighted by Crippen LogP contribution is 2.55. The van der Waals surface area contributed by atoms with Gasteiger partial charge in [-0.2, -0.15) is 61.8 Å². The molecule has 1 aliphatic heterocycles. The summed E-state index contributed by atoms with van der Waals surface area (Å²) in [4.78, 5) is 3.60. The Kier molecular flexibility index (Phi) is 8.11. The number of aliphatic hydroxyl groups is 1. The van der Waals surface area contributed by atoms with E-state index in [1.165, 1.54) is 6.92 Å². The molecule has 0 radical (unpaired) electrons. The Labute approximate surface area is 217 Å². The van der Waals surface area contributed by atoms with Crippen LogP contribution < -0.4 is 5.32 Å². The van der Waals surface area contributed by atoms with Gasteiger partial charge >= 0.3 is 39.9 Å². The number of hydrogen-bond acceptors (Lipinski definition) is 7. The molecule has 2 aromatic heterocycles. The Morgan fingerprint density at radius 3 is 2.30 bits per heavy atom. The number of fused-ring (bicyclic) bond motifs is 4. The molecule has 0 aliphatic carbocycles. The van der Waals surface area contributed by atoms with Crippen LogP contribution in [-0.4, -0.2) is 57.8 Å². The molecule has 3 rings (SSSR count). The molecular formula is C20H17F11N4O4S. The second-order valence-corrected chi connectivity index (χ2v) is 10.1. The second-order valence-electron chi connectivity index (χ2n) is 8.47. The highest BCUT2D eigenvalue weighted by Gasteiger charge is 2.86. The fourth-order valence-electron chi connectivity index (χ4n) is 3.42. The van der Waals surface area contributed by atoms with Crippen LogP contribution >= 0.6 is 0 Å². The van der Waals surface area contributed by atoms with E-state index in [9.17, 15) is 61.8 Å². The predicted molar refractivity (Wildman–Crippen MR) is 114 cm³/mol. The lowest BCUT2D eigenvalue weighted by Gasteiger charge is -2.32. The molecule has 20 heteroatoms. The van der Waals surface area contributed by atoms with E-state index in [2.05, 4.69) is 19.6 Å². The normalized spacial score (nSPS) is 21.0. The lowest BCUT2D eigenvalue weighted by atomic mass is 10.0. The monoisotopic (exact) mass is 618 g/mol. The van der Waals surface area contributed by atoms with Crippen LogP contribution in [0, 0.1) is 5.92 Å². The number of alkyl halides is 11. The number of nitrogens with zero attached hydrogens (tertiary/aromatic N) is 3. The van der Waals surface area contributed by atoms with Crippen LogP contribution in [0.4, 0.5) is 54.0 Å². The Morgan fingerprint density at radius 1 is 1.10 bits per heavy atom. The minimum absolute atomic E-state index is 0.138. The van der Waals surface area contributed by atoms with Crippen LogP contribution in [0.1, 0.15) is 32.0 Å². The Morgan fingerprint density at radius 2 is 1.73 bits per heavy atom. The van der Waals surface area contributed by atoms with E-state index in [4.69, 9.17) is 0 Å². The van der Waals surface area contributed by atoms with Gasteiger partial charge in [0.15, 0.2) is 5.76 Å². The van der Waals surface area contributed by atoms with Crippen LogP contribution in [0.2, 0.25) is 0 Å². The summed E-state index contributed by atoms with van der Waals surface area (Å²) in [5.41, 5.74) is -1.73. The average Bonchev–Trinajstić information content (AvgIpc) is 3.25. The first-order valence-electron chi connectivity index (χ1n) is 10.8. The minimum Gasteiger partial charge on any atom is -0.376 e. The lowest BCUT2D eigenvalue weighted by Crippen LogP contribution is -2.63. The predicted octanol–water partition coefficient (Wildman–Crippen LogP) is 5.61. The van der Waals surface area contributed by atoms with E-state index in [0.717, 1.165) is 24.5 Å². The molecule has 0 spiro atoms. The summed E-state index contributed by atoms with van der Waals surface area (Å²) in [7, 11) is -7.32. The molecule has 2 bridgehead atoms. The summed E-state index contributed by atoms with van der Waals surface area (Å²) in [6.07, 6.45) is -6.91. The molecular weight excluding hydrogens is 601 g/mol. The molecule has 3 heterocycles. The van der Waals surface area contributed by atoms with Crippen molar-refractivity contribution in [1.82, 2.24) is 14.8 Å². The molecule has 2 aromatic rings. The standard InChI is InChI=1S/C20H17F11N4O4S/c1-9-3-2-4-13(39-40(37,38)20(30,31)18(25,26)17(23,24)19(27,28)29)11-7-10(5-6-32-11)14-12(34-15(9)36)8-33-35(14)16(21)22/h4-9,15-16,34,36H,2-3H2,1H3/b13-4+/t9-,15?/m1/s1. The van der Waals surface area contributed by atoms with Crippen molar-refractivity contribution in [3.8, 4) is 11.3 Å². The summed E-state index contributed by atoms with van der Waals surface area (Å²) < 4.78 is 176. The molecule has 0 saturated carbocycles. The number of halogens is 11. The molecule has 0 amide bonds.